The molecule has 32 heavy (non-hydrogen) atoms. The van der Waals surface area contributed by atoms with E-state index in [1.807, 2.05) is 24.4 Å². The molecule has 0 N–H and O–H groups in total. The van der Waals surface area contributed by atoms with Crippen molar-refractivity contribution in [2.45, 2.75) is 64.2 Å². The average Bonchev–Trinajstić information content (AvgIpc) is 2.87. The number of ether oxygens (including phenoxy) is 1. The Bertz CT molecular complexity index is 940. The van der Waals surface area contributed by atoms with Crippen LogP contribution in [0.5, 0.6) is 5.75 Å². The number of amides is 1. The van der Waals surface area contributed by atoms with Crippen molar-refractivity contribution >= 4 is 22.5 Å². The SMILES string of the molecule is COc1ccc2ncc3c(c2c1)N(C(=O)C1CCN(CCC2CCCCC2)CC1)CCC3. The van der Waals surface area contributed by atoms with E-state index in [0.29, 0.717) is 5.91 Å². The van der Waals surface area contributed by atoms with Crippen LogP contribution in [-0.2, 0) is 11.2 Å². The first-order valence-electron chi connectivity index (χ1n) is 12.7. The number of fused-ring (bicyclic) bond motifs is 3. The van der Waals surface area contributed by atoms with Crippen molar-refractivity contribution in [1.82, 2.24) is 9.88 Å². The first-order valence-corrected chi connectivity index (χ1v) is 12.7. The number of carbonyl (C=O) groups is 1. The first kappa shape index (κ1) is 21.7. The van der Waals surface area contributed by atoms with Gasteiger partial charge in [-0.3, -0.25) is 9.78 Å². The van der Waals surface area contributed by atoms with Gasteiger partial charge in [-0.2, -0.15) is 0 Å². The number of hydrogen-bond acceptors (Lipinski definition) is 4. The molecule has 0 spiro atoms. The van der Waals surface area contributed by atoms with Crippen LogP contribution in [0.1, 0.15) is 63.4 Å². The van der Waals surface area contributed by atoms with E-state index < -0.39 is 0 Å². The number of methoxy groups -OCH3 is 1. The molecule has 1 amide bonds. The van der Waals surface area contributed by atoms with Gasteiger partial charge in [0.1, 0.15) is 5.75 Å². The summed E-state index contributed by atoms with van der Waals surface area (Å²) < 4.78 is 5.47. The van der Waals surface area contributed by atoms with E-state index in [0.717, 1.165) is 73.6 Å². The van der Waals surface area contributed by atoms with Gasteiger partial charge in [0.05, 0.1) is 18.3 Å². The van der Waals surface area contributed by atoms with Gasteiger partial charge < -0.3 is 14.5 Å². The second-order valence-corrected chi connectivity index (χ2v) is 10.0. The lowest BCUT2D eigenvalue weighted by Gasteiger charge is -2.37. The fourth-order valence-corrected chi connectivity index (χ4v) is 6.05. The molecule has 2 fully saturated rings. The largest absolute Gasteiger partial charge is 0.497 e. The Morgan fingerprint density at radius 3 is 2.66 bits per heavy atom. The summed E-state index contributed by atoms with van der Waals surface area (Å²) in [5.74, 6) is 2.21. The van der Waals surface area contributed by atoms with E-state index in [1.165, 1.54) is 50.6 Å². The molecular weight excluding hydrogens is 398 g/mol. The van der Waals surface area contributed by atoms with Gasteiger partial charge in [0.25, 0.3) is 0 Å². The van der Waals surface area contributed by atoms with E-state index >= 15 is 0 Å². The van der Waals surface area contributed by atoms with Crippen molar-refractivity contribution < 1.29 is 9.53 Å². The molecule has 1 saturated heterocycles. The summed E-state index contributed by atoms with van der Waals surface area (Å²) in [6, 6.07) is 5.98. The van der Waals surface area contributed by atoms with Crippen LogP contribution in [0.15, 0.2) is 24.4 Å². The Kier molecular flexibility index (Phi) is 6.63. The molecule has 0 bridgehead atoms. The highest BCUT2D eigenvalue weighted by atomic mass is 16.5. The minimum Gasteiger partial charge on any atom is -0.497 e. The predicted octanol–water partition coefficient (Wildman–Crippen LogP) is 5.21. The summed E-state index contributed by atoms with van der Waals surface area (Å²) in [5.41, 5.74) is 3.20. The molecule has 5 nitrogen and oxygen atoms in total. The lowest BCUT2D eigenvalue weighted by atomic mass is 9.86. The van der Waals surface area contributed by atoms with Crippen molar-refractivity contribution in [1.29, 1.82) is 0 Å². The maximum absolute atomic E-state index is 13.7. The average molecular weight is 436 g/mol. The number of carbonyl (C=O) groups excluding carboxylic acids is 1. The number of piperidine rings is 1. The Morgan fingerprint density at radius 1 is 1.06 bits per heavy atom. The van der Waals surface area contributed by atoms with Gasteiger partial charge in [-0.25, -0.2) is 0 Å². The number of likely N-dealkylation sites (tertiary alicyclic amines) is 1. The number of benzene rings is 1. The molecule has 1 saturated carbocycles. The Labute approximate surface area is 192 Å². The first-order chi connectivity index (χ1) is 15.7. The lowest BCUT2D eigenvalue weighted by molar-refractivity contribution is -0.123. The molecule has 3 heterocycles. The fourth-order valence-electron chi connectivity index (χ4n) is 6.05. The van der Waals surface area contributed by atoms with Gasteiger partial charge in [-0.1, -0.05) is 32.1 Å². The lowest BCUT2D eigenvalue weighted by Crippen LogP contribution is -2.44. The normalized spacial score (nSPS) is 21.0. The Hall–Kier alpha value is -2.14. The van der Waals surface area contributed by atoms with Crippen molar-refractivity contribution in [2.24, 2.45) is 11.8 Å². The molecule has 2 aliphatic heterocycles. The number of anilines is 1. The van der Waals surface area contributed by atoms with Crippen LogP contribution >= 0.6 is 0 Å². The van der Waals surface area contributed by atoms with E-state index in [2.05, 4.69) is 14.8 Å². The molecule has 1 aromatic carbocycles. The zero-order valence-corrected chi connectivity index (χ0v) is 19.5. The Morgan fingerprint density at radius 2 is 1.88 bits per heavy atom. The molecule has 0 unspecified atom stereocenters. The molecule has 3 aliphatic rings. The van der Waals surface area contributed by atoms with Crippen molar-refractivity contribution in [2.75, 3.05) is 38.2 Å². The molecule has 1 aromatic heterocycles. The second-order valence-electron chi connectivity index (χ2n) is 10.0. The third-order valence-corrected chi connectivity index (χ3v) is 8.00. The van der Waals surface area contributed by atoms with Gasteiger partial charge in [0.2, 0.25) is 5.91 Å². The number of pyridine rings is 1. The highest BCUT2D eigenvalue weighted by Gasteiger charge is 2.32. The molecule has 0 radical (unpaired) electrons. The number of hydrogen-bond donors (Lipinski definition) is 0. The number of aromatic nitrogens is 1. The van der Waals surface area contributed by atoms with E-state index in [4.69, 9.17) is 4.74 Å². The molecule has 1 aliphatic carbocycles. The molecular formula is C27H37N3O2. The smallest absolute Gasteiger partial charge is 0.230 e. The highest BCUT2D eigenvalue weighted by molar-refractivity contribution is 6.05. The summed E-state index contributed by atoms with van der Waals surface area (Å²) in [5, 5.41) is 1.04. The fraction of sp³-hybridized carbons (Fsp3) is 0.630. The van der Waals surface area contributed by atoms with Gasteiger partial charge >= 0.3 is 0 Å². The van der Waals surface area contributed by atoms with Gasteiger partial charge in [-0.15, -0.1) is 0 Å². The molecule has 5 heteroatoms. The third kappa shape index (κ3) is 4.50. The maximum atomic E-state index is 13.7. The standard InChI is InChI=1S/C27H37N3O2/c1-32-23-9-10-25-24(18-23)26-22(19-28-25)8-5-14-30(26)27(31)21-12-16-29(17-13-21)15-11-20-6-3-2-4-7-20/h9-10,18-21H,2-8,11-17H2,1H3. The van der Waals surface area contributed by atoms with Crippen LogP contribution in [-0.4, -0.2) is 49.1 Å². The number of nitrogens with zero attached hydrogens (tertiary/aromatic N) is 3. The zero-order chi connectivity index (χ0) is 21.9. The summed E-state index contributed by atoms with van der Waals surface area (Å²) in [4.78, 5) is 23.0. The summed E-state index contributed by atoms with van der Waals surface area (Å²) in [6.07, 6.45) is 14.4. The topological polar surface area (TPSA) is 45.7 Å². The summed E-state index contributed by atoms with van der Waals surface area (Å²) in [7, 11) is 1.69. The van der Waals surface area contributed by atoms with Crippen LogP contribution in [0.3, 0.4) is 0 Å². The monoisotopic (exact) mass is 435 g/mol. The predicted molar refractivity (Wildman–Crippen MR) is 129 cm³/mol. The van der Waals surface area contributed by atoms with Gasteiger partial charge in [0, 0.05) is 24.0 Å². The van der Waals surface area contributed by atoms with Crippen LogP contribution < -0.4 is 9.64 Å². The van der Waals surface area contributed by atoms with Crippen LogP contribution in [0.25, 0.3) is 10.9 Å². The summed E-state index contributed by atoms with van der Waals surface area (Å²) >= 11 is 0. The zero-order valence-electron chi connectivity index (χ0n) is 19.5. The van der Waals surface area contributed by atoms with E-state index in [-0.39, 0.29) is 5.92 Å². The van der Waals surface area contributed by atoms with Crippen LogP contribution in [0.2, 0.25) is 0 Å². The van der Waals surface area contributed by atoms with Crippen molar-refractivity contribution in [3.8, 4) is 5.75 Å². The van der Waals surface area contributed by atoms with E-state index in [1.54, 1.807) is 7.11 Å². The minimum atomic E-state index is 0.140. The van der Waals surface area contributed by atoms with Crippen molar-refractivity contribution in [3.05, 3.63) is 30.0 Å². The molecule has 172 valence electrons. The highest BCUT2D eigenvalue weighted by Crippen LogP contribution is 2.37. The third-order valence-electron chi connectivity index (χ3n) is 8.00. The van der Waals surface area contributed by atoms with Crippen LogP contribution in [0, 0.1) is 11.8 Å². The molecule has 0 atom stereocenters. The van der Waals surface area contributed by atoms with Crippen molar-refractivity contribution in [3.63, 3.8) is 0 Å². The number of rotatable bonds is 5. The van der Waals surface area contributed by atoms with E-state index in [9.17, 15) is 4.79 Å². The molecule has 2 aromatic rings. The summed E-state index contributed by atoms with van der Waals surface area (Å²) in [6.45, 7) is 4.15. The minimum absolute atomic E-state index is 0.140. The molecule has 5 rings (SSSR count). The van der Waals surface area contributed by atoms with Gasteiger partial charge in [-0.05, 0) is 81.4 Å². The maximum Gasteiger partial charge on any atom is 0.230 e. The van der Waals surface area contributed by atoms with Crippen LogP contribution in [0.4, 0.5) is 5.69 Å². The number of aryl methyl sites for hydroxylation is 1. The van der Waals surface area contributed by atoms with Gasteiger partial charge in [0.15, 0.2) is 0 Å². The Balaban J connectivity index is 1.26. The second kappa shape index (κ2) is 9.78. The quantitative estimate of drug-likeness (QED) is 0.647.